The molecule has 2 rings (SSSR count). The van der Waals surface area contributed by atoms with E-state index in [1.807, 2.05) is 0 Å². The zero-order valence-corrected chi connectivity index (χ0v) is 11.1. The van der Waals surface area contributed by atoms with E-state index in [1.54, 1.807) is 13.0 Å². The summed E-state index contributed by atoms with van der Waals surface area (Å²) in [5.41, 5.74) is 0.190. The Morgan fingerprint density at radius 1 is 1.19 bits per heavy atom. The van der Waals surface area contributed by atoms with Gasteiger partial charge >= 0.3 is 12.1 Å². The van der Waals surface area contributed by atoms with E-state index in [9.17, 15) is 18.0 Å². The van der Waals surface area contributed by atoms with Gasteiger partial charge in [0.1, 0.15) is 0 Å². The van der Waals surface area contributed by atoms with Crippen LogP contribution >= 0.6 is 0 Å². The molecular formula is C15H12F3NO2. The Hall–Kier alpha value is -2.37. The molecule has 0 radical (unpaired) electrons. The first-order valence-electron chi connectivity index (χ1n) is 6.23. The standard InChI is InChI=1S/C15H12F3NO2/c1-2-21-14(20)12-4-3-9-19-13(12)10-5-7-11(8-6-10)15(16,17)18/h3-9H,2H2,1H3. The Morgan fingerprint density at radius 3 is 2.43 bits per heavy atom. The van der Waals surface area contributed by atoms with Crippen molar-refractivity contribution in [2.24, 2.45) is 0 Å². The van der Waals surface area contributed by atoms with Crippen molar-refractivity contribution in [2.75, 3.05) is 6.61 Å². The minimum absolute atomic E-state index is 0.209. The Morgan fingerprint density at radius 2 is 1.86 bits per heavy atom. The largest absolute Gasteiger partial charge is 0.462 e. The fourth-order valence-electron chi connectivity index (χ4n) is 1.83. The van der Waals surface area contributed by atoms with Gasteiger partial charge < -0.3 is 4.74 Å². The first-order valence-corrected chi connectivity index (χ1v) is 6.23. The minimum Gasteiger partial charge on any atom is -0.462 e. The predicted octanol–water partition coefficient (Wildman–Crippen LogP) is 3.94. The van der Waals surface area contributed by atoms with Crippen molar-refractivity contribution < 1.29 is 22.7 Å². The number of benzene rings is 1. The van der Waals surface area contributed by atoms with Crippen LogP contribution in [0.2, 0.25) is 0 Å². The van der Waals surface area contributed by atoms with Gasteiger partial charge in [-0.2, -0.15) is 13.2 Å². The Bertz CT molecular complexity index is 636. The second-order valence-electron chi connectivity index (χ2n) is 4.20. The van der Waals surface area contributed by atoms with E-state index >= 15 is 0 Å². The average Bonchev–Trinajstić information content (AvgIpc) is 2.47. The molecule has 0 aliphatic rings. The maximum absolute atomic E-state index is 12.5. The third kappa shape index (κ3) is 3.39. The van der Waals surface area contributed by atoms with E-state index < -0.39 is 17.7 Å². The molecule has 0 unspecified atom stereocenters. The third-order valence-corrected chi connectivity index (χ3v) is 2.79. The maximum Gasteiger partial charge on any atom is 0.416 e. The van der Waals surface area contributed by atoms with E-state index in [-0.39, 0.29) is 12.2 Å². The molecule has 1 heterocycles. The quantitative estimate of drug-likeness (QED) is 0.805. The van der Waals surface area contributed by atoms with Crippen LogP contribution in [0, 0.1) is 0 Å². The number of nitrogens with zero attached hydrogens (tertiary/aromatic N) is 1. The van der Waals surface area contributed by atoms with Crippen molar-refractivity contribution >= 4 is 5.97 Å². The first-order chi connectivity index (χ1) is 9.93. The van der Waals surface area contributed by atoms with Crippen molar-refractivity contribution in [3.63, 3.8) is 0 Å². The summed E-state index contributed by atoms with van der Waals surface area (Å²) in [6.45, 7) is 1.88. The van der Waals surface area contributed by atoms with Crippen LogP contribution in [0.1, 0.15) is 22.8 Å². The van der Waals surface area contributed by atoms with Crippen LogP contribution in [-0.4, -0.2) is 17.6 Å². The zero-order chi connectivity index (χ0) is 15.5. The number of hydrogen-bond donors (Lipinski definition) is 0. The highest BCUT2D eigenvalue weighted by atomic mass is 19.4. The summed E-state index contributed by atoms with van der Waals surface area (Å²) in [5.74, 6) is -0.555. The number of pyridine rings is 1. The first kappa shape index (κ1) is 15.0. The molecule has 3 nitrogen and oxygen atoms in total. The maximum atomic E-state index is 12.5. The molecule has 0 fully saturated rings. The van der Waals surface area contributed by atoms with Gasteiger partial charge in [-0.15, -0.1) is 0 Å². The number of esters is 1. The molecule has 2 aromatic rings. The molecule has 0 bridgehead atoms. The lowest BCUT2D eigenvalue weighted by Crippen LogP contribution is -2.08. The molecule has 0 aliphatic carbocycles. The highest BCUT2D eigenvalue weighted by Gasteiger charge is 2.30. The molecule has 0 saturated heterocycles. The summed E-state index contributed by atoms with van der Waals surface area (Å²) in [5, 5.41) is 0. The van der Waals surface area contributed by atoms with Gasteiger partial charge in [0.25, 0.3) is 0 Å². The van der Waals surface area contributed by atoms with Crippen LogP contribution in [0.4, 0.5) is 13.2 Å². The van der Waals surface area contributed by atoms with Gasteiger partial charge in [-0.05, 0) is 31.2 Å². The lowest BCUT2D eigenvalue weighted by atomic mass is 10.0. The number of carbonyl (C=O) groups excluding carboxylic acids is 1. The second kappa shape index (κ2) is 5.95. The summed E-state index contributed by atoms with van der Waals surface area (Å²) in [6.07, 6.45) is -2.93. The fraction of sp³-hybridized carbons (Fsp3) is 0.200. The number of carbonyl (C=O) groups is 1. The van der Waals surface area contributed by atoms with Crippen LogP contribution in [0.25, 0.3) is 11.3 Å². The molecule has 6 heteroatoms. The van der Waals surface area contributed by atoms with E-state index in [0.717, 1.165) is 12.1 Å². The number of ether oxygens (including phenoxy) is 1. The van der Waals surface area contributed by atoms with Gasteiger partial charge in [-0.3, -0.25) is 4.98 Å². The summed E-state index contributed by atoms with van der Waals surface area (Å²) < 4.78 is 42.5. The molecule has 21 heavy (non-hydrogen) atoms. The van der Waals surface area contributed by atoms with E-state index in [4.69, 9.17) is 4.74 Å². The van der Waals surface area contributed by atoms with Gasteiger partial charge in [0, 0.05) is 11.8 Å². The number of alkyl halides is 3. The minimum atomic E-state index is -4.40. The Balaban J connectivity index is 2.41. The Kier molecular flexibility index (Phi) is 4.26. The van der Waals surface area contributed by atoms with Crippen molar-refractivity contribution in [2.45, 2.75) is 13.1 Å². The normalized spacial score (nSPS) is 11.2. The summed E-state index contributed by atoms with van der Waals surface area (Å²) in [6, 6.07) is 7.58. The van der Waals surface area contributed by atoms with Gasteiger partial charge in [0.2, 0.25) is 0 Å². The third-order valence-electron chi connectivity index (χ3n) is 2.79. The number of hydrogen-bond acceptors (Lipinski definition) is 3. The highest BCUT2D eigenvalue weighted by Crippen LogP contribution is 2.31. The second-order valence-corrected chi connectivity index (χ2v) is 4.20. The molecule has 0 aliphatic heterocycles. The lowest BCUT2D eigenvalue weighted by Gasteiger charge is -2.10. The highest BCUT2D eigenvalue weighted by molar-refractivity contribution is 5.96. The van der Waals surface area contributed by atoms with E-state index in [0.29, 0.717) is 11.3 Å². The van der Waals surface area contributed by atoms with Gasteiger partial charge in [-0.25, -0.2) is 4.79 Å². The van der Waals surface area contributed by atoms with Crippen molar-refractivity contribution in [1.82, 2.24) is 4.98 Å². The van der Waals surface area contributed by atoms with Crippen LogP contribution < -0.4 is 0 Å². The zero-order valence-electron chi connectivity index (χ0n) is 11.1. The van der Waals surface area contributed by atoms with Crippen molar-refractivity contribution in [3.8, 4) is 11.3 Å². The SMILES string of the molecule is CCOC(=O)c1cccnc1-c1ccc(C(F)(F)F)cc1. The van der Waals surface area contributed by atoms with Crippen molar-refractivity contribution in [1.29, 1.82) is 0 Å². The molecule has 0 saturated carbocycles. The van der Waals surface area contributed by atoms with Crippen LogP contribution in [-0.2, 0) is 10.9 Å². The van der Waals surface area contributed by atoms with E-state index in [2.05, 4.69) is 4.98 Å². The van der Waals surface area contributed by atoms with Crippen LogP contribution in [0.3, 0.4) is 0 Å². The molecule has 1 aromatic heterocycles. The lowest BCUT2D eigenvalue weighted by molar-refractivity contribution is -0.137. The van der Waals surface area contributed by atoms with Crippen molar-refractivity contribution in [3.05, 3.63) is 53.7 Å². The fourth-order valence-corrected chi connectivity index (χ4v) is 1.83. The molecular weight excluding hydrogens is 283 g/mol. The smallest absolute Gasteiger partial charge is 0.416 e. The molecule has 0 N–H and O–H groups in total. The van der Waals surface area contributed by atoms with Gasteiger partial charge in [-0.1, -0.05) is 12.1 Å². The topological polar surface area (TPSA) is 39.2 Å². The summed E-state index contributed by atoms with van der Waals surface area (Å²) in [7, 11) is 0. The summed E-state index contributed by atoms with van der Waals surface area (Å²) >= 11 is 0. The van der Waals surface area contributed by atoms with Gasteiger partial charge in [0.15, 0.2) is 0 Å². The number of aromatic nitrogens is 1. The van der Waals surface area contributed by atoms with Crippen LogP contribution in [0.15, 0.2) is 42.6 Å². The molecule has 0 atom stereocenters. The number of rotatable bonds is 3. The van der Waals surface area contributed by atoms with Crippen LogP contribution in [0.5, 0.6) is 0 Å². The summed E-state index contributed by atoms with van der Waals surface area (Å²) in [4.78, 5) is 15.9. The number of halogens is 3. The monoisotopic (exact) mass is 295 g/mol. The molecule has 1 aromatic carbocycles. The molecule has 0 amide bonds. The Labute approximate surface area is 119 Å². The average molecular weight is 295 g/mol. The molecule has 110 valence electrons. The van der Waals surface area contributed by atoms with E-state index in [1.165, 1.54) is 24.4 Å². The van der Waals surface area contributed by atoms with Gasteiger partial charge in [0.05, 0.1) is 23.4 Å². The molecule has 0 spiro atoms. The predicted molar refractivity (Wildman–Crippen MR) is 70.6 cm³/mol.